The third-order valence-electron chi connectivity index (χ3n) is 5.11. The molecule has 0 bridgehead atoms. The van der Waals surface area contributed by atoms with E-state index in [-0.39, 0.29) is 5.82 Å². The summed E-state index contributed by atoms with van der Waals surface area (Å²) in [6, 6.07) is 23.3. The third kappa shape index (κ3) is 4.32. The van der Waals surface area contributed by atoms with Crippen LogP contribution in [0.2, 0.25) is 5.02 Å². The van der Waals surface area contributed by atoms with Gasteiger partial charge in [-0.1, -0.05) is 48.0 Å². The molecule has 1 saturated heterocycles. The number of hydrogen-bond donors (Lipinski definition) is 0. The number of anilines is 1. The molecule has 138 valence electrons. The number of benzene rings is 3. The average molecular weight is 381 g/mol. The van der Waals surface area contributed by atoms with Crippen LogP contribution >= 0.6 is 11.6 Å². The van der Waals surface area contributed by atoms with Gasteiger partial charge in [-0.25, -0.2) is 4.39 Å². The van der Waals surface area contributed by atoms with Crippen LogP contribution in [0.5, 0.6) is 0 Å². The van der Waals surface area contributed by atoms with Crippen LogP contribution in [-0.2, 0) is 6.54 Å². The number of para-hydroxylation sites is 1. The first-order chi connectivity index (χ1) is 13.2. The van der Waals surface area contributed by atoms with Crippen LogP contribution in [0.15, 0.2) is 72.8 Å². The van der Waals surface area contributed by atoms with E-state index >= 15 is 0 Å². The molecule has 1 fully saturated rings. The van der Waals surface area contributed by atoms with E-state index < -0.39 is 0 Å². The van der Waals surface area contributed by atoms with Gasteiger partial charge in [-0.05, 0) is 53.1 Å². The van der Waals surface area contributed by atoms with Crippen molar-refractivity contribution in [2.45, 2.75) is 6.54 Å². The zero-order valence-electron chi connectivity index (χ0n) is 15.1. The van der Waals surface area contributed by atoms with Crippen molar-refractivity contribution < 1.29 is 4.39 Å². The lowest BCUT2D eigenvalue weighted by Crippen LogP contribution is -2.46. The van der Waals surface area contributed by atoms with Gasteiger partial charge in [-0.15, -0.1) is 0 Å². The van der Waals surface area contributed by atoms with Crippen molar-refractivity contribution in [3.8, 4) is 11.1 Å². The lowest BCUT2D eigenvalue weighted by atomic mass is 9.99. The smallest absolute Gasteiger partial charge is 0.123 e. The summed E-state index contributed by atoms with van der Waals surface area (Å²) in [6.07, 6.45) is 0. The maximum atomic E-state index is 13.9. The van der Waals surface area contributed by atoms with E-state index in [1.54, 1.807) is 6.07 Å². The lowest BCUT2D eigenvalue weighted by molar-refractivity contribution is 0.250. The number of halogens is 2. The van der Waals surface area contributed by atoms with Crippen LogP contribution in [0.4, 0.5) is 10.1 Å². The normalized spacial score (nSPS) is 15.1. The van der Waals surface area contributed by atoms with E-state index in [1.165, 1.54) is 11.8 Å². The van der Waals surface area contributed by atoms with Crippen LogP contribution in [-0.4, -0.2) is 31.1 Å². The Morgan fingerprint density at radius 1 is 0.815 bits per heavy atom. The van der Waals surface area contributed by atoms with Crippen molar-refractivity contribution in [1.82, 2.24) is 4.90 Å². The van der Waals surface area contributed by atoms with Crippen LogP contribution < -0.4 is 4.90 Å². The summed E-state index contributed by atoms with van der Waals surface area (Å²) >= 11 is 6.01. The van der Waals surface area contributed by atoms with Crippen molar-refractivity contribution >= 4 is 17.3 Å². The molecule has 0 aromatic heterocycles. The highest BCUT2D eigenvalue weighted by molar-refractivity contribution is 6.30. The number of hydrogen-bond acceptors (Lipinski definition) is 2. The second-order valence-corrected chi connectivity index (χ2v) is 7.34. The van der Waals surface area contributed by atoms with E-state index in [4.69, 9.17) is 11.6 Å². The largest absolute Gasteiger partial charge is 0.369 e. The second kappa shape index (κ2) is 8.12. The number of nitrogens with zero attached hydrogens (tertiary/aromatic N) is 2. The van der Waals surface area contributed by atoms with Crippen molar-refractivity contribution in [3.05, 3.63) is 89.2 Å². The van der Waals surface area contributed by atoms with E-state index in [2.05, 4.69) is 34.1 Å². The fraction of sp³-hybridized carbons (Fsp3) is 0.217. The standard InChI is InChI=1S/C23H22ClFN2/c24-20-8-6-18(7-9-20)23-11-10-21(25)16-19(23)17-26-12-14-27(15-13-26)22-4-2-1-3-5-22/h1-11,16H,12-15,17H2. The highest BCUT2D eigenvalue weighted by atomic mass is 35.5. The zero-order chi connectivity index (χ0) is 18.6. The Bertz CT molecular complexity index is 888. The first kappa shape index (κ1) is 18.0. The molecule has 1 aliphatic heterocycles. The minimum absolute atomic E-state index is 0.189. The fourth-order valence-electron chi connectivity index (χ4n) is 3.65. The highest BCUT2D eigenvalue weighted by Crippen LogP contribution is 2.27. The van der Waals surface area contributed by atoms with Gasteiger partial charge in [-0.3, -0.25) is 4.90 Å². The molecule has 2 nitrogen and oxygen atoms in total. The molecule has 1 heterocycles. The molecule has 27 heavy (non-hydrogen) atoms. The second-order valence-electron chi connectivity index (χ2n) is 6.91. The lowest BCUT2D eigenvalue weighted by Gasteiger charge is -2.36. The Balaban J connectivity index is 1.48. The van der Waals surface area contributed by atoms with Gasteiger partial charge < -0.3 is 4.90 Å². The van der Waals surface area contributed by atoms with Gasteiger partial charge in [0.1, 0.15) is 5.82 Å². The van der Waals surface area contributed by atoms with Gasteiger partial charge in [0.25, 0.3) is 0 Å². The summed E-state index contributed by atoms with van der Waals surface area (Å²) in [4.78, 5) is 4.80. The van der Waals surface area contributed by atoms with Crippen molar-refractivity contribution in [1.29, 1.82) is 0 Å². The molecule has 0 N–H and O–H groups in total. The van der Waals surface area contributed by atoms with Crippen LogP contribution in [0, 0.1) is 5.82 Å². The van der Waals surface area contributed by atoms with Gasteiger partial charge in [0.15, 0.2) is 0 Å². The molecule has 1 aliphatic rings. The summed E-state index contributed by atoms with van der Waals surface area (Å²) in [7, 11) is 0. The number of piperazine rings is 1. The summed E-state index contributed by atoms with van der Waals surface area (Å²) in [6.45, 7) is 4.64. The molecule has 0 saturated carbocycles. The number of rotatable bonds is 4. The Hall–Kier alpha value is -2.36. The predicted molar refractivity (Wildman–Crippen MR) is 111 cm³/mol. The molecule has 0 atom stereocenters. The molecule has 0 radical (unpaired) electrons. The van der Waals surface area contributed by atoms with E-state index in [1.807, 2.05) is 36.4 Å². The topological polar surface area (TPSA) is 6.48 Å². The molecule has 0 unspecified atom stereocenters. The molecule has 3 aromatic rings. The highest BCUT2D eigenvalue weighted by Gasteiger charge is 2.18. The maximum absolute atomic E-state index is 13.9. The average Bonchev–Trinajstić information content (AvgIpc) is 2.70. The van der Waals surface area contributed by atoms with E-state index in [9.17, 15) is 4.39 Å². The minimum atomic E-state index is -0.189. The van der Waals surface area contributed by atoms with Gasteiger partial charge in [0.2, 0.25) is 0 Å². The van der Waals surface area contributed by atoms with Crippen LogP contribution in [0.1, 0.15) is 5.56 Å². The first-order valence-corrected chi connectivity index (χ1v) is 9.63. The monoisotopic (exact) mass is 380 g/mol. The molecular weight excluding hydrogens is 359 g/mol. The summed E-state index contributed by atoms with van der Waals surface area (Å²) < 4.78 is 13.9. The van der Waals surface area contributed by atoms with Gasteiger partial charge in [-0.2, -0.15) is 0 Å². The Kier molecular flexibility index (Phi) is 5.42. The molecule has 0 spiro atoms. The van der Waals surface area contributed by atoms with E-state index in [0.29, 0.717) is 5.02 Å². The fourth-order valence-corrected chi connectivity index (χ4v) is 3.77. The predicted octanol–water partition coefficient (Wildman–Crippen LogP) is 5.47. The van der Waals surface area contributed by atoms with Gasteiger partial charge in [0, 0.05) is 43.4 Å². The molecule has 0 amide bonds. The third-order valence-corrected chi connectivity index (χ3v) is 5.36. The van der Waals surface area contributed by atoms with Crippen molar-refractivity contribution in [3.63, 3.8) is 0 Å². The molecule has 3 aromatic carbocycles. The minimum Gasteiger partial charge on any atom is -0.369 e. The summed E-state index contributed by atoms with van der Waals surface area (Å²) in [5, 5.41) is 0.708. The molecular formula is C23H22ClFN2. The Morgan fingerprint density at radius 2 is 1.52 bits per heavy atom. The van der Waals surface area contributed by atoms with Gasteiger partial charge in [0.05, 0.1) is 0 Å². The molecule has 4 rings (SSSR count). The van der Waals surface area contributed by atoms with E-state index in [0.717, 1.165) is 49.4 Å². The zero-order valence-corrected chi connectivity index (χ0v) is 15.9. The quantitative estimate of drug-likeness (QED) is 0.592. The Morgan fingerprint density at radius 3 is 2.22 bits per heavy atom. The molecule has 0 aliphatic carbocycles. The van der Waals surface area contributed by atoms with Crippen LogP contribution in [0.3, 0.4) is 0 Å². The summed E-state index contributed by atoms with van der Waals surface area (Å²) in [5.74, 6) is -0.189. The summed E-state index contributed by atoms with van der Waals surface area (Å²) in [5.41, 5.74) is 4.42. The van der Waals surface area contributed by atoms with Crippen molar-refractivity contribution in [2.75, 3.05) is 31.1 Å². The van der Waals surface area contributed by atoms with Gasteiger partial charge >= 0.3 is 0 Å². The van der Waals surface area contributed by atoms with Crippen LogP contribution in [0.25, 0.3) is 11.1 Å². The SMILES string of the molecule is Fc1ccc(-c2ccc(Cl)cc2)c(CN2CCN(c3ccccc3)CC2)c1. The van der Waals surface area contributed by atoms with Crippen molar-refractivity contribution in [2.24, 2.45) is 0 Å². The maximum Gasteiger partial charge on any atom is 0.123 e. The molecule has 4 heteroatoms. The Labute approximate surface area is 164 Å². The first-order valence-electron chi connectivity index (χ1n) is 9.26.